The van der Waals surface area contributed by atoms with Crippen LogP contribution in [-0.4, -0.2) is 12.3 Å². The largest absolute Gasteiger partial charge is 0.396 e. The molecular weight excluding hydrogens is 102 g/mol. The lowest BCUT2D eigenvalue weighted by molar-refractivity contribution is 0.159. The van der Waals surface area contributed by atoms with Crippen molar-refractivity contribution in [1.82, 2.24) is 0 Å². The van der Waals surface area contributed by atoms with Crippen molar-refractivity contribution in [3.63, 3.8) is 0 Å². The summed E-state index contributed by atoms with van der Waals surface area (Å²) < 4.78 is 0. The summed E-state index contributed by atoms with van der Waals surface area (Å²) in [5.74, 6) is 0. The third-order valence-electron chi connectivity index (χ3n) is 0.633. The quantitative estimate of drug-likeness (QED) is 0.402. The average Bonchev–Trinajstić information content (AvgIpc) is 1.83. The molecule has 0 rings (SSSR count). The van der Waals surface area contributed by atoms with Crippen LogP contribution in [0.1, 0.15) is 13.8 Å². The molecule has 0 aliphatic rings. The number of oxime groups is 1. The molecule has 2 heteroatoms. The van der Waals surface area contributed by atoms with Crippen LogP contribution in [-0.2, 0) is 4.84 Å². The minimum Gasteiger partial charge on any atom is -0.396 e. The summed E-state index contributed by atoms with van der Waals surface area (Å²) in [6.45, 7) is 7.84. The van der Waals surface area contributed by atoms with Crippen molar-refractivity contribution >= 4 is 5.71 Å². The lowest BCUT2D eigenvalue weighted by Crippen LogP contribution is -1.86. The molecule has 0 heterocycles. The summed E-state index contributed by atoms with van der Waals surface area (Å²) in [5.41, 5.74) is 0.812. The van der Waals surface area contributed by atoms with E-state index in [4.69, 9.17) is 4.84 Å². The SMILES string of the molecule is C=C/C(C)=N/OCC. The molecule has 0 bridgehead atoms. The zero-order chi connectivity index (χ0) is 6.41. The summed E-state index contributed by atoms with van der Waals surface area (Å²) >= 11 is 0. The van der Waals surface area contributed by atoms with Crippen molar-refractivity contribution in [1.29, 1.82) is 0 Å². The second-order valence-corrected chi connectivity index (χ2v) is 1.35. The minimum atomic E-state index is 0.616. The molecule has 2 nitrogen and oxygen atoms in total. The van der Waals surface area contributed by atoms with Crippen LogP contribution in [0.25, 0.3) is 0 Å². The first-order valence-corrected chi connectivity index (χ1v) is 2.60. The van der Waals surface area contributed by atoms with Crippen LogP contribution in [0.2, 0.25) is 0 Å². The highest BCUT2D eigenvalue weighted by molar-refractivity contribution is 5.91. The Morgan fingerprint density at radius 3 is 2.88 bits per heavy atom. The van der Waals surface area contributed by atoms with Crippen LogP contribution >= 0.6 is 0 Å². The van der Waals surface area contributed by atoms with Gasteiger partial charge in [0.15, 0.2) is 0 Å². The summed E-state index contributed by atoms with van der Waals surface area (Å²) in [6.07, 6.45) is 1.65. The molecule has 8 heavy (non-hydrogen) atoms. The number of allylic oxidation sites excluding steroid dienone is 1. The lowest BCUT2D eigenvalue weighted by Gasteiger charge is -1.90. The summed E-state index contributed by atoms with van der Waals surface area (Å²) in [4.78, 5) is 4.70. The van der Waals surface area contributed by atoms with E-state index in [9.17, 15) is 0 Å². The zero-order valence-corrected chi connectivity index (χ0v) is 5.35. The fraction of sp³-hybridized carbons (Fsp3) is 0.500. The van der Waals surface area contributed by atoms with Gasteiger partial charge in [-0.05, 0) is 19.9 Å². The fourth-order valence-electron chi connectivity index (χ4n) is 0.204. The van der Waals surface area contributed by atoms with Gasteiger partial charge in [0.05, 0.1) is 5.71 Å². The Hall–Kier alpha value is -0.790. The molecule has 0 atom stereocenters. The van der Waals surface area contributed by atoms with E-state index in [2.05, 4.69) is 11.7 Å². The number of hydrogen-bond donors (Lipinski definition) is 0. The molecule has 0 amide bonds. The predicted octanol–water partition coefficient (Wildman–Crippen LogP) is 1.58. The highest BCUT2D eigenvalue weighted by atomic mass is 16.6. The molecular formula is C6H11NO. The van der Waals surface area contributed by atoms with Gasteiger partial charge in [0, 0.05) is 0 Å². The first-order chi connectivity index (χ1) is 3.81. The van der Waals surface area contributed by atoms with E-state index in [1.807, 2.05) is 13.8 Å². The van der Waals surface area contributed by atoms with Crippen LogP contribution in [0.5, 0.6) is 0 Å². The van der Waals surface area contributed by atoms with Gasteiger partial charge in [-0.25, -0.2) is 0 Å². The molecule has 0 aromatic rings. The van der Waals surface area contributed by atoms with E-state index >= 15 is 0 Å². The Morgan fingerprint density at radius 1 is 1.88 bits per heavy atom. The maximum Gasteiger partial charge on any atom is 0.114 e. The standard InChI is InChI=1S/C6H11NO/c1-4-6(3)7-8-5-2/h4H,1,5H2,2-3H3/b7-6+. The fourth-order valence-corrected chi connectivity index (χ4v) is 0.204. The molecule has 46 valence electrons. The Bertz CT molecular complexity index is 96.7. The summed E-state index contributed by atoms with van der Waals surface area (Å²) in [7, 11) is 0. The van der Waals surface area contributed by atoms with Crippen molar-refractivity contribution in [3.05, 3.63) is 12.7 Å². The normalized spacial score (nSPS) is 11.0. The van der Waals surface area contributed by atoms with Gasteiger partial charge < -0.3 is 4.84 Å². The molecule has 0 aliphatic heterocycles. The molecule has 0 spiro atoms. The highest BCUT2D eigenvalue weighted by Gasteiger charge is 1.77. The van der Waals surface area contributed by atoms with E-state index in [0.29, 0.717) is 6.61 Å². The zero-order valence-electron chi connectivity index (χ0n) is 5.35. The third kappa shape index (κ3) is 3.40. The molecule has 0 N–H and O–H groups in total. The van der Waals surface area contributed by atoms with Crippen LogP contribution < -0.4 is 0 Å². The van der Waals surface area contributed by atoms with E-state index in [-0.39, 0.29) is 0 Å². The lowest BCUT2D eigenvalue weighted by atomic mass is 10.4. The first kappa shape index (κ1) is 7.21. The van der Waals surface area contributed by atoms with Gasteiger partial charge in [0.25, 0.3) is 0 Å². The van der Waals surface area contributed by atoms with Gasteiger partial charge in [0.2, 0.25) is 0 Å². The topological polar surface area (TPSA) is 21.6 Å². The Balaban J connectivity index is 3.40. The highest BCUT2D eigenvalue weighted by Crippen LogP contribution is 1.79. The minimum absolute atomic E-state index is 0.616. The van der Waals surface area contributed by atoms with Gasteiger partial charge in [-0.1, -0.05) is 11.7 Å². The average molecular weight is 113 g/mol. The maximum absolute atomic E-state index is 4.70. The van der Waals surface area contributed by atoms with Crippen molar-refractivity contribution in [2.75, 3.05) is 6.61 Å². The number of rotatable bonds is 3. The third-order valence-corrected chi connectivity index (χ3v) is 0.633. The van der Waals surface area contributed by atoms with Crippen molar-refractivity contribution in [2.45, 2.75) is 13.8 Å². The molecule has 0 radical (unpaired) electrons. The van der Waals surface area contributed by atoms with Gasteiger partial charge >= 0.3 is 0 Å². The van der Waals surface area contributed by atoms with Crippen LogP contribution in [0.3, 0.4) is 0 Å². The first-order valence-electron chi connectivity index (χ1n) is 2.60. The molecule has 0 aliphatic carbocycles. The van der Waals surface area contributed by atoms with Gasteiger partial charge in [0.1, 0.15) is 6.61 Å². The number of nitrogens with zero attached hydrogens (tertiary/aromatic N) is 1. The monoisotopic (exact) mass is 113 g/mol. The Labute approximate surface area is 49.8 Å². The number of hydrogen-bond acceptors (Lipinski definition) is 2. The molecule has 0 aromatic heterocycles. The van der Waals surface area contributed by atoms with E-state index in [0.717, 1.165) is 5.71 Å². The van der Waals surface area contributed by atoms with Gasteiger partial charge in [-0.2, -0.15) is 0 Å². The molecule has 0 saturated carbocycles. The van der Waals surface area contributed by atoms with Crippen molar-refractivity contribution in [2.24, 2.45) is 5.16 Å². The molecule has 0 aromatic carbocycles. The molecule has 0 saturated heterocycles. The molecule has 0 fully saturated rings. The van der Waals surface area contributed by atoms with Crippen molar-refractivity contribution < 1.29 is 4.84 Å². The predicted molar refractivity (Wildman–Crippen MR) is 34.9 cm³/mol. The van der Waals surface area contributed by atoms with E-state index < -0.39 is 0 Å². The summed E-state index contributed by atoms with van der Waals surface area (Å²) in [6, 6.07) is 0. The summed E-state index contributed by atoms with van der Waals surface area (Å²) in [5, 5.41) is 3.66. The van der Waals surface area contributed by atoms with Gasteiger partial charge in [-0.3, -0.25) is 0 Å². The molecule has 0 unspecified atom stereocenters. The van der Waals surface area contributed by atoms with Crippen molar-refractivity contribution in [3.8, 4) is 0 Å². The van der Waals surface area contributed by atoms with Crippen LogP contribution in [0, 0.1) is 0 Å². The second kappa shape index (κ2) is 4.37. The van der Waals surface area contributed by atoms with E-state index in [1.54, 1.807) is 6.08 Å². The Morgan fingerprint density at radius 2 is 2.50 bits per heavy atom. The maximum atomic E-state index is 4.70. The van der Waals surface area contributed by atoms with Gasteiger partial charge in [-0.15, -0.1) is 0 Å². The Kier molecular flexibility index (Phi) is 3.94. The second-order valence-electron chi connectivity index (χ2n) is 1.35. The van der Waals surface area contributed by atoms with E-state index in [1.165, 1.54) is 0 Å². The van der Waals surface area contributed by atoms with Crippen LogP contribution in [0.15, 0.2) is 17.8 Å². The van der Waals surface area contributed by atoms with Crippen LogP contribution in [0.4, 0.5) is 0 Å². The smallest absolute Gasteiger partial charge is 0.114 e.